The lowest BCUT2D eigenvalue weighted by Crippen LogP contribution is -2.59. The summed E-state index contributed by atoms with van der Waals surface area (Å²) in [5.74, 6) is -5.10. The zero-order chi connectivity index (χ0) is 102. The quantitative estimate of drug-likeness (QED) is 0.00849. The molecular formula is C93H164N8O31S2. The number of aromatic nitrogens is 1. The molecular weight excluding hydrogens is 1790 g/mol. The zero-order valence-electron chi connectivity index (χ0n) is 82.9. The lowest BCUT2D eigenvalue weighted by Gasteiger charge is -2.41. The van der Waals surface area contributed by atoms with E-state index < -0.39 is 115 Å². The van der Waals surface area contributed by atoms with Crippen molar-refractivity contribution < 1.29 is 150 Å². The van der Waals surface area contributed by atoms with Crippen LogP contribution in [0, 0.1) is 28.3 Å². The van der Waals surface area contributed by atoms with Crippen molar-refractivity contribution in [2.24, 2.45) is 23.7 Å². The number of hydrogen-bond donors (Lipinski definition) is 12. The van der Waals surface area contributed by atoms with Crippen LogP contribution in [0.15, 0.2) is 54.7 Å². The fourth-order valence-corrected chi connectivity index (χ4v) is 13.8. The number of methoxy groups -OCH3 is 6. The van der Waals surface area contributed by atoms with Crippen LogP contribution < -0.4 is 21.3 Å². The van der Waals surface area contributed by atoms with Crippen LogP contribution in [-0.2, 0) is 125 Å². The molecule has 0 bridgehead atoms. The highest BCUT2D eigenvalue weighted by Gasteiger charge is 2.44. The third-order valence-corrected chi connectivity index (χ3v) is 22.0. The average molecular weight is 1950 g/mol. The van der Waals surface area contributed by atoms with Gasteiger partial charge >= 0.3 is 29.8 Å². The van der Waals surface area contributed by atoms with Gasteiger partial charge in [-0.1, -0.05) is 131 Å². The Balaban J connectivity index is 0. The van der Waals surface area contributed by atoms with Crippen LogP contribution >= 0.6 is 24.8 Å². The Kier molecular flexibility index (Phi) is 75.2. The first-order valence-electron chi connectivity index (χ1n) is 46.2. The number of esters is 4. The van der Waals surface area contributed by atoms with E-state index in [1.807, 2.05) is 143 Å². The third kappa shape index (κ3) is 56.4. The number of ether oxygens (including phenoxy) is 14. The van der Waals surface area contributed by atoms with Crippen molar-refractivity contribution in [3.63, 3.8) is 0 Å². The Bertz CT molecular complexity index is 3490. The number of carboxylic acids is 1. The minimum Gasteiger partial charge on any atom is -0.481 e. The van der Waals surface area contributed by atoms with Gasteiger partial charge in [0.2, 0.25) is 35.4 Å². The topological polar surface area (TPSA) is 512 Å². The summed E-state index contributed by atoms with van der Waals surface area (Å²) in [6, 6.07) is 11.6. The molecule has 41 heteroatoms. The van der Waals surface area contributed by atoms with E-state index in [1.165, 1.54) is 42.7 Å². The Morgan fingerprint density at radius 1 is 0.537 bits per heavy atom. The van der Waals surface area contributed by atoms with Gasteiger partial charge in [-0.3, -0.25) is 52.8 Å². The molecule has 134 heavy (non-hydrogen) atoms. The van der Waals surface area contributed by atoms with E-state index in [4.69, 9.17) is 104 Å². The van der Waals surface area contributed by atoms with Crippen LogP contribution in [0.3, 0.4) is 0 Å². The molecule has 2 heterocycles. The van der Waals surface area contributed by atoms with Crippen molar-refractivity contribution in [1.29, 1.82) is 0 Å². The first kappa shape index (κ1) is 129. The van der Waals surface area contributed by atoms with Gasteiger partial charge in [-0.15, -0.1) is 0 Å². The molecule has 1 aromatic heterocycles. The number of aromatic amines is 1. The number of rotatable bonds is 66. The number of carbonyl (C=O) groups excluding carboxylic acids is 10. The molecule has 774 valence electrons. The predicted octanol–water partition coefficient (Wildman–Crippen LogP) is 6.42. The standard InChI is InChI=1S/C55H94N6O14.C14H27NO6S.C12H22O7.C7H16O4.C5H5NS/c1-15-37(7)50(60(11)54(68)48(35(3)4)58-53(67)49(36(5)6)59(9)10)43(70-12)32-45(64)61-29-21-25-42(61)51(72-14)38(8)52(66)57-41(31-39-23-18-17-19-24-39)55(69)73-30-22-28-56-44(63)26-20-27-46(65)74-34-47(71-13)75-40(16-2)33-62;1-3-11(9-16)21-14(19-2)10-20-13(18)6-4-5-12(17)15-7-8-22;1-3-9(7-13)19-12(17-2)8-18-11(16)6-4-5-10(14)15;1-3-6(4-8)11-7(5-9)10-2;7-5-3-1-2-4-6-5/h17-19,23-24,35-38,40-43,47-51,62H,15-16,20-22,25-34H2,1-14H3,(H,56,63)(H,57,66)(H,58,67);11,14,16,22H,3-10H2,1-2H3,(H,15,17);9,12-13H,3-8H2,1-2H3,(H,14,15);6-9H,3-5H2,1-2H3;1-4H,(H,6,7)/t37-,38+,40?,41-,42-,43+,47?,48-,49-,50-,51+;;;;/m0..../s1. The van der Waals surface area contributed by atoms with E-state index in [-0.39, 0.29) is 196 Å². The van der Waals surface area contributed by atoms with Gasteiger partial charge in [-0.2, -0.15) is 12.6 Å². The summed E-state index contributed by atoms with van der Waals surface area (Å²) in [6.45, 7) is 21.1. The highest BCUT2D eigenvalue weighted by atomic mass is 32.1. The van der Waals surface area contributed by atoms with Crippen LogP contribution in [0.1, 0.15) is 197 Å². The molecule has 17 atom stereocenters. The molecule has 11 N–H and O–H groups in total. The summed E-state index contributed by atoms with van der Waals surface area (Å²) in [5.41, 5.74) is 0.794. The monoisotopic (exact) mass is 1950 g/mol. The average Bonchev–Trinajstić information content (AvgIpc) is 1.14. The third-order valence-electron chi connectivity index (χ3n) is 21.5. The van der Waals surface area contributed by atoms with Crippen molar-refractivity contribution in [3.05, 3.63) is 64.9 Å². The maximum absolute atomic E-state index is 14.5. The van der Waals surface area contributed by atoms with Gasteiger partial charge in [0, 0.05) is 126 Å². The summed E-state index contributed by atoms with van der Waals surface area (Å²) in [4.78, 5) is 147. The van der Waals surface area contributed by atoms with Crippen molar-refractivity contribution in [1.82, 2.24) is 41.0 Å². The number of amides is 6. The van der Waals surface area contributed by atoms with Crippen LogP contribution in [0.2, 0.25) is 0 Å². The Morgan fingerprint density at radius 3 is 1.37 bits per heavy atom. The normalized spacial score (nSPS) is 15.9. The summed E-state index contributed by atoms with van der Waals surface area (Å²) >= 11 is 8.74. The van der Waals surface area contributed by atoms with Crippen molar-refractivity contribution in [2.75, 3.05) is 149 Å². The smallest absolute Gasteiger partial charge is 0.328 e. The number of aliphatic hydroxyl groups is 5. The minimum absolute atomic E-state index is 0.00472. The number of hydrogen-bond acceptors (Lipinski definition) is 33. The van der Waals surface area contributed by atoms with Gasteiger partial charge in [0.25, 0.3) is 0 Å². The van der Waals surface area contributed by atoms with Gasteiger partial charge in [0.05, 0.1) is 107 Å². The number of likely N-dealkylation sites (tertiary alicyclic amines) is 1. The van der Waals surface area contributed by atoms with E-state index in [1.54, 1.807) is 23.8 Å². The molecule has 1 saturated heterocycles. The number of H-pyrrole nitrogens is 1. The fourth-order valence-electron chi connectivity index (χ4n) is 13.5. The number of carboxylic acid groups (broad SMARTS) is 1. The van der Waals surface area contributed by atoms with Gasteiger partial charge < -0.3 is 133 Å². The maximum atomic E-state index is 14.5. The molecule has 0 saturated carbocycles. The summed E-state index contributed by atoms with van der Waals surface area (Å²) in [5, 5.41) is 64.5. The van der Waals surface area contributed by atoms with E-state index in [2.05, 4.69) is 38.9 Å². The highest BCUT2D eigenvalue weighted by Crippen LogP contribution is 2.31. The van der Waals surface area contributed by atoms with Crippen LogP contribution in [0.25, 0.3) is 0 Å². The molecule has 0 radical (unpaired) electrons. The molecule has 1 aliphatic heterocycles. The first-order chi connectivity index (χ1) is 63.9. The predicted molar refractivity (Wildman–Crippen MR) is 506 cm³/mol. The molecule has 2 aromatic rings. The van der Waals surface area contributed by atoms with Crippen LogP contribution in [0.4, 0.5) is 0 Å². The molecule has 39 nitrogen and oxygen atoms in total. The number of nitrogens with zero attached hydrogens (tertiary/aromatic N) is 3. The molecule has 3 rings (SSSR count). The van der Waals surface area contributed by atoms with E-state index in [0.29, 0.717) is 76.6 Å². The molecule has 1 fully saturated rings. The van der Waals surface area contributed by atoms with E-state index >= 15 is 0 Å². The number of likely N-dealkylation sites (N-methyl/N-ethyl adjacent to an activating group) is 2. The Morgan fingerprint density at radius 2 is 1.00 bits per heavy atom. The summed E-state index contributed by atoms with van der Waals surface area (Å²) in [6.07, 6.45) is 2.32. The summed E-state index contributed by atoms with van der Waals surface area (Å²) in [7, 11) is 14.1. The van der Waals surface area contributed by atoms with E-state index in [0.717, 1.165) is 10.2 Å². The number of pyridine rings is 1. The minimum atomic E-state index is -1.06. The second-order valence-electron chi connectivity index (χ2n) is 32.6. The molecule has 8 unspecified atom stereocenters. The molecule has 0 spiro atoms. The number of aliphatic hydroxyl groups excluding tert-OH is 5. The van der Waals surface area contributed by atoms with Gasteiger partial charge in [-0.05, 0) is 114 Å². The van der Waals surface area contributed by atoms with Gasteiger partial charge in [0.1, 0.15) is 36.5 Å². The number of aliphatic carboxylic acids is 1. The molecule has 1 aliphatic rings. The number of nitrogens with one attached hydrogen (secondary N) is 5. The van der Waals surface area contributed by atoms with Gasteiger partial charge in [-0.25, -0.2) is 4.79 Å². The van der Waals surface area contributed by atoms with E-state index in [9.17, 15) is 57.8 Å². The van der Waals surface area contributed by atoms with Gasteiger partial charge in [0.15, 0.2) is 25.2 Å². The van der Waals surface area contributed by atoms with Crippen molar-refractivity contribution in [3.8, 4) is 0 Å². The Hall–Kier alpha value is -7.53. The fraction of sp³-hybridized carbons (Fsp3) is 0.763. The molecule has 6 amide bonds. The van der Waals surface area contributed by atoms with Crippen LogP contribution in [-0.4, -0.2) is 356 Å². The summed E-state index contributed by atoms with van der Waals surface area (Å²) < 4.78 is 75.0. The maximum Gasteiger partial charge on any atom is 0.328 e. The lowest BCUT2D eigenvalue weighted by atomic mass is 9.89. The zero-order valence-corrected chi connectivity index (χ0v) is 84.6. The number of carbonyl (C=O) groups is 11. The molecule has 0 aliphatic carbocycles. The second kappa shape index (κ2) is 78.4. The first-order valence-corrected chi connectivity index (χ1v) is 47.2. The lowest BCUT2D eigenvalue weighted by molar-refractivity contribution is -0.194. The second-order valence-corrected chi connectivity index (χ2v) is 33.5. The van der Waals surface area contributed by atoms with Crippen molar-refractivity contribution >= 4 is 90.1 Å². The number of thiol groups is 1. The van der Waals surface area contributed by atoms with Crippen molar-refractivity contribution in [2.45, 2.75) is 290 Å². The highest BCUT2D eigenvalue weighted by molar-refractivity contribution is 7.80. The van der Waals surface area contributed by atoms with Crippen LogP contribution in [0.5, 0.6) is 0 Å². The molecule has 1 aromatic carbocycles. The number of benzene rings is 1. The Labute approximate surface area is 804 Å². The SMILES string of the molecule is CCC(CO)OC(CO)OC.CCC(CO)OC(COC(=O)CCCC(=O)NCCCOC(=O)[C@H](Cc1ccccc1)NC(=O)[C@H](C)[C@@H](OC)[C@@H]1CCCN1C(=O)C[C@@H](OC)[C@H]([C@@H](C)CC)N(C)C(=O)[C@@H](NC(=O)[C@H](C(C)C)N(C)C)C(C)C)OC.CCC(CO)OC(COC(=O)CCCC(=O)NCCS)OC.CCC(CO)OC(COC(=O)CCCC(=O)O)OC.S=c1cccc[nH]1. The largest absolute Gasteiger partial charge is 0.481 e.